The number of hydrogen-bond acceptors (Lipinski definition) is 7. The highest BCUT2D eigenvalue weighted by molar-refractivity contribution is 7.89. The fraction of sp³-hybridized carbons (Fsp3) is 0.565. The predicted molar refractivity (Wildman–Crippen MR) is 128 cm³/mol. The lowest BCUT2D eigenvalue weighted by molar-refractivity contribution is -0.131. The topological polar surface area (TPSA) is 97.2 Å². The number of carbonyl (C=O) groups is 1. The summed E-state index contributed by atoms with van der Waals surface area (Å²) in [6.07, 6.45) is 0.276. The van der Waals surface area contributed by atoms with E-state index in [0.29, 0.717) is 57.3 Å². The van der Waals surface area contributed by atoms with Gasteiger partial charge < -0.3 is 19.3 Å². The third kappa shape index (κ3) is 5.06. The van der Waals surface area contributed by atoms with Crippen LogP contribution in [0.15, 0.2) is 29.2 Å². The van der Waals surface area contributed by atoms with E-state index in [2.05, 4.69) is 10.00 Å². The molecule has 10 nitrogen and oxygen atoms in total. The predicted octanol–water partition coefficient (Wildman–Crippen LogP) is 1.27. The molecule has 3 heterocycles. The fourth-order valence-electron chi connectivity index (χ4n) is 4.57. The van der Waals surface area contributed by atoms with Crippen molar-refractivity contribution >= 4 is 21.6 Å². The number of rotatable bonds is 7. The first-order valence-corrected chi connectivity index (χ1v) is 13.0. The molecule has 0 aliphatic carbocycles. The summed E-state index contributed by atoms with van der Waals surface area (Å²) in [7, 11) is -1.99. The van der Waals surface area contributed by atoms with Gasteiger partial charge in [-0.05, 0) is 26.0 Å². The monoisotopic (exact) mass is 491 g/mol. The molecule has 0 atom stereocenters. The Morgan fingerprint density at radius 2 is 1.79 bits per heavy atom. The van der Waals surface area contributed by atoms with E-state index in [-0.39, 0.29) is 17.2 Å². The number of benzene rings is 1. The van der Waals surface area contributed by atoms with Crippen molar-refractivity contribution in [2.45, 2.75) is 31.7 Å². The molecular weight excluding hydrogens is 458 g/mol. The number of piperazine rings is 1. The van der Waals surface area contributed by atoms with Gasteiger partial charge in [0.1, 0.15) is 10.6 Å². The molecule has 2 fully saturated rings. The summed E-state index contributed by atoms with van der Waals surface area (Å²) >= 11 is 0. The van der Waals surface area contributed by atoms with Crippen LogP contribution in [0.25, 0.3) is 0 Å². The molecule has 1 amide bonds. The number of nitrogens with zero attached hydrogens (tertiary/aromatic N) is 5. The molecule has 0 bridgehead atoms. The van der Waals surface area contributed by atoms with E-state index in [0.717, 1.165) is 24.5 Å². The minimum absolute atomic E-state index is 0.0513. The minimum atomic E-state index is -3.64. The van der Waals surface area contributed by atoms with Crippen LogP contribution in [0, 0.1) is 13.8 Å². The van der Waals surface area contributed by atoms with Gasteiger partial charge in [-0.3, -0.25) is 9.48 Å². The maximum Gasteiger partial charge on any atom is 0.246 e. The lowest BCUT2D eigenvalue weighted by Crippen LogP contribution is -2.49. The van der Waals surface area contributed by atoms with Crippen LogP contribution in [0.3, 0.4) is 0 Å². The standard InChI is InChI=1S/C23H33N5O5S/c1-18-23(34(30,31)27-13-15-33-16-14-27)19(2)28(24-18)8-7-22(29)26-11-9-25(10-12-26)20-5-4-6-21(17-20)32-3/h4-6,17H,7-16H2,1-3H3. The van der Waals surface area contributed by atoms with Crippen molar-refractivity contribution in [3.63, 3.8) is 0 Å². The third-order valence-electron chi connectivity index (χ3n) is 6.47. The highest BCUT2D eigenvalue weighted by atomic mass is 32.2. The van der Waals surface area contributed by atoms with Gasteiger partial charge >= 0.3 is 0 Å². The van der Waals surface area contributed by atoms with E-state index >= 15 is 0 Å². The zero-order valence-corrected chi connectivity index (χ0v) is 20.9. The number of hydrogen-bond donors (Lipinski definition) is 0. The number of sulfonamides is 1. The van der Waals surface area contributed by atoms with Crippen LogP contribution in [0.5, 0.6) is 5.75 Å². The smallest absolute Gasteiger partial charge is 0.246 e. The van der Waals surface area contributed by atoms with Crippen molar-refractivity contribution in [2.75, 3.05) is 64.5 Å². The first-order chi connectivity index (χ1) is 16.3. The summed E-state index contributed by atoms with van der Waals surface area (Å²) in [5, 5.41) is 4.45. The molecule has 2 saturated heterocycles. The van der Waals surface area contributed by atoms with Crippen LogP contribution in [0.4, 0.5) is 5.69 Å². The van der Waals surface area contributed by atoms with Gasteiger partial charge in [-0.25, -0.2) is 8.42 Å². The molecule has 2 aromatic rings. The Hall–Kier alpha value is -2.63. The highest BCUT2D eigenvalue weighted by Gasteiger charge is 2.32. The number of methoxy groups -OCH3 is 1. The molecule has 11 heteroatoms. The van der Waals surface area contributed by atoms with Crippen LogP contribution in [-0.4, -0.2) is 92.9 Å². The number of amides is 1. The Kier molecular flexibility index (Phi) is 7.44. The largest absolute Gasteiger partial charge is 0.497 e. The summed E-state index contributed by atoms with van der Waals surface area (Å²) in [5.41, 5.74) is 2.12. The van der Waals surface area contributed by atoms with Crippen LogP contribution in [0.2, 0.25) is 0 Å². The molecule has 0 N–H and O–H groups in total. The zero-order chi connectivity index (χ0) is 24.3. The van der Waals surface area contributed by atoms with E-state index in [4.69, 9.17) is 9.47 Å². The van der Waals surface area contributed by atoms with Crippen molar-refractivity contribution in [3.05, 3.63) is 35.7 Å². The van der Waals surface area contributed by atoms with E-state index in [1.54, 1.807) is 25.6 Å². The highest BCUT2D eigenvalue weighted by Crippen LogP contribution is 2.25. The average Bonchev–Trinajstić information content (AvgIpc) is 3.16. The molecular formula is C23H33N5O5S. The average molecular weight is 492 g/mol. The van der Waals surface area contributed by atoms with E-state index in [1.165, 1.54) is 4.31 Å². The van der Waals surface area contributed by atoms with E-state index in [9.17, 15) is 13.2 Å². The van der Waals surface area contributed by atoms with Gasteiger partial charge in [-0.1, -0.05) is 6.07 Å². The number of aromatic nitrogens is 2. The first-order valence-electron chi connectivity index (χ1n) is 11.6. The number of carbonyl (C=O) groups excluding carboxylic acids is 1. The van der Waals surface area contributed by atoms with E-state index in [1.807, 2.05) is 29.2 Å². The lowest BCUT2D eigenvalue weighted by Gasteiger charge is -2.36. The minimum Gasteiger partial charge on any atom is -0.497 e. The molecule has 1 aromatic heterocycles. The van der Waals surface area contributed by atoms with Crippen LogP contribution in [-0.2, 0) is 26.1 Å². The Labute approximate surface area is 201 Å². The van der Waals surface area contributed by atoms with Crippen molar-refractivity contribution in [1.82, 2.24) is 19.0 Å². The summed E-state index contributed by atoms with van der Waals surface area (Å²) in [5.74, 6) is 0.867. The summed E-state index contributed by atoms with van der Waals surface area (Å²) in [6.45, 7) is 8.06. The van der Waals surface area contributed by atoms with Gasteiger partial charge in [0.25, 0.3) is 0 Å². The number of ether oxygens (including phenoxy) is 2. The fourth-order valence-corrected chi connectivity index (χ4v) is 6.35. The Bertz CT molecular complexity index is 1120. The molecule has 0 saturated carbocycles. The normalized spacial score (nSPS) is 17.7. The number of aryl methyl sites for hydroxylation is 2. The molecule has 186 valence electrons. The van der Waals surface area contributed by atoms with Gasteiger partial charge in [0, 0.05) is 57.4 Å². The zero-order valence-electron chi connectivity index (χ0n) is 20.1. The van der Waals surface area contributed by atoms with Gasteiger partial charge in [0.05, 0.1) is 38.3 Å². The Balaban J connectivity index is 1.35. The SMILES string of the molecule is COc1cccc(N2CCN(C(=O)CCn3nc(C)c(S(=O)(=O)N4CCOCC4)c3C)CC2)c1. The molecule has 34 heavy (non-hydrogen) atoms. The van der Waals surface area contributed by atoms with E-state index < -0.39 is 10.0 Å². The Morgan fingerprint density at radius 1 is 1.09 bits per heavy atom. The van der Waals surface area contributed by atoms with Crippen LogP contribution >= 0.6 is 0 Å². The second kappa shape index (κ2) is 10.3. The summed E-state index contributed by atoms with van der Waals surface area (Å²) < 4.78 is 40.0. The lowest BCUT2D eigenvalue weighted by atomic mass is 10.2. The van der Waals surface area contributed by atoms with Crippen molar-refractivity contribution in [1.29, 1.82) is 0 Å². The van der Waals surface area contributed by atoms with Gasteiger partial charge in [-0.15, -0.1) is 0 Å². The van der Waals surface area contributed by atoms with Crippen LogP contribution < -0.4 is 9.64 Å². The van der Waals surface area contributed by atoms with Crippen LogP contribution in [0.1, 0.15) is 17.8 Å². The van der Waals surface area contributed by atoms with Crippen molar-refractivity contribution in [2.24, 2.45) is 0 Å². The number of morpholine rings is 1. The third-order valence-corrected chi connectivity index (χ3v) is 8.62. The molecule has 4 rings (SSSR count). The molecule has 1 aromatic carbocycles. The molecule has 0 radical (unpaired) electrons. The quantitative estimate of drug-likeness (QED) is 0.575. The molecule has 2 aliphatic rings. The maximum atomic E-state index is 13.1. The molecule has 0 spiro atoms. The van der Waals surface area contributed by atoms with Gasteiger partial charge in [0.2, 0.25) is 15.9 Å². The molecule has 0 unspecified atom stereocenters. The molecule has 2 aliphatic heterocycles. The first kappa shape index (κ1) is 24.5. The summed E-state index contributed by atoms with van der Waals surface area (Å²) in [6, 6.07) is 7.93. The van der Waals surface area contributed by atoms with Crippen molar-refractivity contribution < 1.29 is 22.7 Å². The van der Waals surface area contributed by atoms with Crippen molar-refractivity contribution in [3.8, 4) is 5.75 Å². The maximum absolute atomic E-state index is 13.1. The van der Waals surface area contributed by atoms with Gasteiger partial charge in [-0.2, -0.15) is 9.40 Å². The second-order valence-corrected chi connectivity index (χ2v) is 10.4. The number of anilines is 1. The second-order valence-electron chi connectivity index (χ2n) is 8.56. The summed E-state index contributed by atoms with van der Waals surface area (Å²) in [4.78, 5) is 17.2. The Morgan fingerprint density at radius 3 is 2.47 bits per heavy atom. The van der Waals surface area contributed by atoms with Gasteiger partial charge in [0.15, 0.2) is 0 Å².